The van der Waals surface area contributed by atoms with E-state index in [0.717, 1.165) is 6.54 Å². The quantitative estimate of drug-likeness (QED) is 0.636. The first-order chi connectivity index (χ1) is 6.61. The van der Waals surface area contributed by atoms with Gasteiger partial charge in [0.15, 0.2) is 0 Å². The lowest BCUT2D eigenvalue weighted by Gasteiger charge is -2.34. The molecule has 5 nitrogen and oxygen atoms in total. The molecule has 0 spiro atoms. The van der Waals surface area contributed by atoms with Crippen LogP contribution < -0.4 is 11.1 Å². The summed E-state index contributed by atoms with van der Waals surface area (Å²) in [5, 5.41) is 3.14. The zero-order valence-electron chi connectivity index (χ0n) is 8.57. The minimum Gasteiger partial charge on any atom is -0.329 e. The third kappa shape index (κ3) is 2.66. The second kappa shape index (κ2) is 5.06. The van der Waals surface area contributed by atoms with Gasteiger partial charge >= 0.3 is 0 Å². The van der Waals surface area contributed by atoms with E-state index in [2.05, 4.69) is 5.32 Å². The SMILES string of the molecule is CCCS(=O)(=O)N1CCNCC1CN. The molecule has 0 amide bonds. The number of piperazine rings is 1. The van der Waals surface area contributed by atoms with E-state index in [1.165, 1.54) is 0 Å². The zero-order valence-corrected chi connectivity index (χ0v) is 9.39. The van der Waals surface area contributed by atoms with Crippen LogP contribution in [0.4, 0.5) is 0 Å². The van der Waals surface area contributed by atoms with Gasteiger partial charge in [-0.15, -0.1) is 0 Å². The van der Waals surface area contributed by atoms with E-state index >= 15 is 0 Å². The first kappa shape index (κ1) is 11.9. The van der Waals surface area contributed by atoms with E-state index in [0.29, 0.717) is 26.1 Å². The Morgan fingerprint density at radius 3 is 2.86 bits per heavy atom. The summed E-state index contributed by atoms with van der Waals surface area (Å²) < 4.78 is 25.1. The maximum Gasteiger partial charge on any atom is 0.214 e. The molecule has 0 saturated carbocycles. The minimum atomic E-state index is -3.08. The molecule has 6 heteroatoms. The Hall–Kier alpha value is -0.170. The molecule has 14 heavy (non-hydrogen) atoms. The molecule has 1 atom stereocenters. The molecule has 3 N–H and O–H groups in total. The van der Waals surface area contributed by atoms with Crippen molar-refractivity contribution in [1.29, 1.82) is 0 Å². The number of nitrogens with zero attached hydrogens (tertiary/aromatic N) is 1. The standard InChI is InChI=1S/C8H19N3O2S/c1-2-5-14(12,13)11-4-3-10-7-8(11)6-9/h8,10H,2-7,9H2,1H3. The van der Waals surface area contributed by atoms with E-state index in [-0.39, 0.29) is 11.8 Å². The number of sulfonamides is 1. The number of hydrogen-bond donors (Lipinski definition) is 2. The summed E-state index contributed by atoms with van der Waals surface area (Å²) in [5.74, 6) is 0.226. The monoisotopic (exact) mass is 221 g/mol. The molecule has 0 aromatic rings. The molecule has 0 radical (unpaired) electrons. The van der Waals surface area contributed by atoms with Gasteiger partial charge < -0.3 is 11.1 Å². The van der Waals surface area contributed by atoms with Crippen molar-refractivity contribution < 1.29 is 8.42 Å². The summed E-state index contributed by atoms with van der Waals surface area (Å²) in [5.41, 5.74) is 5.54. The number of rotatable bonds is 4. The predicted molar refractivity (Wildman–Crippen MR) is 56.5 cm³/mol. The van der Waals surface area contributed by atoms with Gasteiger partial charge in [0.05, 0.1) is 5.75 Å². The lowest BCUT2D eigenvalue weighted by molar-refractivity contribution is 0.272. The highest BCUT2D eigenvalue weighted by molar-refractivity contribution is 7.89. The van der Waals surface area contributed by atoms with Crippen molar-refractivity contribution in [3.63, 3.8) is 0 Å². The largest absolute Gasteiger partial charge is 0.329 e. The van der Waals surface area contributed by atoms with E-state index < -0.39 is 10.0 Å². The van der Waals surface area contributed by atoms with Gasteiger partial charge in [0.1, 0.15) is 0 Å². The fraction of sp³-hybridized carbons (Fsp3) is 1.00. The van der Waals surface area contributed by atoms with E-state index in [4.69, 9.17) is 5.73 Å². The van der Waals surface area contributed by atoms with Crippen molar-refractivity contribution >= 4 is 10.0 Å². The van der Waals surface area contributed by atoms with Gasteiger partial charge in [-0.2, -0.15) is 4.31 Å². The maximum absolute atomic E-state index is 11.8. The summed E-state index contributed by atoms with van der Waals surface area (Å²) in [4.78, 5) is 0. The van der Waals surface area contributed by atoms with Gasteiger partial charge in [-0.3, -0.25) is 0 Å². The minimum absolute atomic E-state index is 0.0692. The Bertz CT molecular complexity index is 266. The van der Waals surface area contributed by atoms with Crippen molar-refractivity contribution in [3.05, 3.63) is 0 Å². The lowest BCUT2D eigenvalue weighted by Crippen LogP contribution is -2.56. The molecule has 1 aliphatic heterocycles. The Morgan fingerprint density at radius 2 is 2.29 bits per heavy atom. The van der Waals surface area contributed by atoms with Gasteiger partial charge in [-0.1, -0.05) is 6.92 Å². The van der Waals surface area contributed by atoms with Crippen LogP contribution in [0.2, 0.25) is 0 Å². The molecule has 1 saturated heterocycles. The summed E-state index contributed by atoms with van der Waals surface area (Å²) >= 11 is 0. The third-order valence-electron chi connectivity index (χ3n) is 2.39. The highest BCUT2D eigenvalue weighted by Gasteiger charge is 2.30. The van der Waals surface area contributed by atoms with Gasteiger partial charge in [-0.05, 0) is 6.42 Å². The van der Waals surface area contributed by atoms with Crippen LogP contribution in [0.15, 0.2) is 0 Å². The van der Waals surface area contributed by atoms with Crippen LogP contribution in [0.3, 0.4) is 0 Å². The lowest BCUT2D eigenvalue weighted by atomic mass is 10.2. The Morgan fingerprint density at radius 1 is 1.57 bits per heavy atom. The second-order valence-corrected chi connectivity index (χ2v) is 5.56. The van der Waals surface area contributed by atoms with E-state index in [1.807, 2.05) is 6.92 Å². The molecule has 0 bridgehead atoms. The highest BCUT2D eigenvalue weighted by Crippen LogP contribution is 2.10. The maximum atomic E-state index is 11.8. The predicted octanol–water partition coefficient (Wildman–Crippen LogP) is -1.04. The summed E-state index contributed by atoms with van der Waals surface area (Å²) in [6, 6.07) is -0.0692. The van der Waals surface area contributed by atoms with Crippen LogP contribution in [0.25, 0.3) is 0 Å². The third-order valence-corrected chi connectivity index (χ3v) is 4.51. The average Bonchev–Trinajstić information content (AvgIpc) is 2.18. The van der Waals surface area contributed by atoms with Crippen LogP contribution in [0.5, 0.6) is 0 Å². The van der Waals surface area contributed by atoms with Crippen molar-refractivity contribution in [3.8, 4) is 0 Å². The smallest absolute Gasteiger partial charge is 0.214 e. The van der Waals surface area contributed by atoms with Crippen molar-refractivity contribution in [2.75, 3.05) is 31.9 Å². The van der Waals surface area contributed by atoms with Crippen LogP contribution in [0.1, 0.15) is 13.3 Å². The molecule has 1 rings (SSSR count). The Balaban J connectivity index is 2.72. The fourth-order valence-electron chi connectivity index (χ4n) is 1.68. The van der Waals surface area contributed by atoms with Crippen molar-refractivity contribution in [2.24, 2.45) is 5.73 Å². The molecule has 0 aromatic carbocycles. The highest BCUT2D eigenvalue weighted by atomic mass is 32.2. The first-order valence-electron chi connectivity index (χ1n) is 5.02. The Labute approximate surface area is 85.7 Å². The van der Waals surface area contributed by atoms with Gasteiger partial charge in [0.2, 0.25) is 10.0 Å². The molecule has 0 aliphatic carbocycles. The zero-order chi connectivity index (χ0) is 10.6. The topological polar surface area (TPSA) is 75.4 Å². The summed E-state index contributed by atoms with van der Waals surface area (Å²) in [6.07, 6.45) is 0.656. The first-order valence-corrected chi connectivity index (χ1v) is 6.63. The molecule has 1 heterocycles. The normalized spacial score (nSPS) is 25.1. The molecule has 1 unspecified atom stereocenters. The van der Waals surface area contributed by atoms with Crippen LogP contribution in [-0.4, -0.2) is 50.7 Å². The van der Waals surface area contributed by atoms with Crippen molar-refractivity contribution in [2.45, 2.75) is 19.4 Å². The fourth-order valence-corrected chi connectivity index (χ4v) is 3.42. The molecule has 84 valence electrons. The summed E-state index contributed by atoms with van der Waals surface area (Å²) in [6.45, 7) is 4.19. The molecule has 0 aromatic heterocycles. The molecular weight excluding hydrogens is 202 g/mol. The average molecular weight is 221 g/mol. The van der Waals surface area contributed by atoms with Gasteiger partial charge in [0.25, 0.3) is 0 Å². The summed E-state index contributed by atoms with van der Waals surface area (Å²) in [7, 11) is -3.08. The second-order valence-electron chi connectivity index (χ2n) is 3.52. The van der Waals surface area contributed by atoms with Crippen LogP contribution >= 0.6 is 0 Å². The van der Waals surface area contributed by atoms with E-state index in [1.54, 1.807) is 4.31 Å². The molecular formula is C8H19N3O2S. The molecule has 1 aliphatic rings. The van der Waals surface area contributed by atoms with E-state index in [9.17, 15) is 8.42 Å². The van der Waals surface area contributed by atoms with Crippen LogP contribution in [0, 0.1) is 0 Å². The van der Waals surface area contributed by atoms with Crippen LogP contribution in [-0.2, 0) is 10.0 Å². The number of hydrogen-bond acceptors (Lipinski definition) is 4. The Kier molecular flexibility index (Phi) is 4.31. The number of nitrogens with one attached hydrogen (secondary N) is 1. The van der Waals surface area contributed by atoms with Gasteiger partial charge in [-0.25, -0.2) is 8.42 Å². The molecule has 1 fully saturated rings. The van der Waals surface area contributed by atoms with Crippen molar-refractivity contribution in [1.82, 2.24) is 9.62 Å². The number of nitrogens with two attached hydrogens (primary N) is 1. The van der Waals surface area contributed by atoms with Gasteiger partial charge in [0, 0.05) is 32.2 Å².